The summed E-state index contributed by atoms with van der Waals surface area (Å²) in [5, 5.41) is 4.41. The Kier molecular flexibility index (Phi) is 5.71. The van der Waals surface area contributed by atoms with Gasteiger partial charge < -0.3 is 14.8 Å². The lowest BCUT2D eigenvalue weighted by Crippen LogP contribution is -2.29. The van der Waals surface area contributed by atoms with Crippen molar-refractivity contribution in [3.8, 4) is 5.75 Å². The summed E-state index contributed by atoms with van der Waals surface area (Å²) in [6.07, 6.45) is 1.00. The van der Waals surface area contributed by atoms with E-state index in [2.05, 4.69) is 10.3 Å². The second-order valence-electron chi connectivity index (χ2n) is 5.70. The fourth-order valence-corrected chi connectivity index (χ4v) is 3.48. The number of nitrogens with one attached hydrogen (secondary N) is 1. The fourth-order valence-electron chi connectivity index (χ4n) is 2.46. The van der Waals surface area contributed by atoms with Crippen LogP contribution >= 0.6 is 22.9 Å². The summed E-state index contributed by atoms with van der Waals surface area (Å²) < 4.78 is 11.0. The summed E-state index contributed by atoms with van der Waals surface area (Å²) >= 11 is 7.21. The number of rotatable bonds is 6. The highest BCUT2D eigenvalue weighted by Gasteiger charge is 2.19. The molecule has 2 aromatic rings. The molecule has 1 saturated heterocycles. The Morgan fingerprint density at radius 2 is 2.25 bits per heavy atom. The molecule has 1 aliphatic rings. The Morgan fingerprint density at radius 1 is 1.46 bits per heavy atom. The topological polar surface area (TPSA) is 60.5 Å². The number of aryl methyl sites for hydroxylation is 1. The van der Waals surface area contributed by atoms with E-state index in [1.165, 1.54) is 11.3 Å². The second kappa shape index (κ2) is 7.96. The quantitative estimate of drug-likeness (QED) is 0.850. The predicted octanol–water partition coefficient (Wildman–Crippen LogP) is 3.45. The minimum absolute atomic E-state index is 0.0744. The summed E-state index contributed by atoms with van der Waals surface area (Å²) in [7, 11) is 0. The number of carbonyl (C=O) groups is 1. The number of hydrogen-bond donors (Lipinski definition) is 1. The number of nitrogens with zero attached hydrogens (tertiary/aromatic N) is 1. The lowest BCUT2D eigenvalue weighted by molar-refractivity contribution is 0.0948. The average Bonchev–Trinajstić information content (AvgIpc) is 3.22. The molecule has 1 aliphatic heterocycles. The van der Waals surface area contributed by atoms with E-state index >= 15 is 0 Å². The Bertz CT molecular complexity index is 696. The van der Waals surface area contributed by atoms with Gasteiger partial charge in [0.25, 0.3) is 5.91 Å². The molecule has 1 unspecified atom stereocenters. The third-order valence-corrected chi connectivity index (χ3v) is 5.18. The van der Waals surface area contributed by atoms with Crippen LogP contribution in [0.5, 0.6) is 5.75 Å². The van der Waals surface area contributed by atoms with Gasteiger partial charge in [0.05, 0.1) is 12.3 Å². The molecule has 3 rings (SSSR count). The van der Waals surface area contributed by atoms with Crippen LogP contribution in [0.2, 0.25) is 5.02 Å². The van der Waals surface area contributed by atoms with E-state index in [4.69, 9.17) is 21.1 Å². The van der Waals surface area contributed by atoms with Crippen molar-refractivity contribution in [2.24, 2.45) is 5.92 Å². The van der Waals surface area contributed by atoms with Crippen molar-refractivity contribution in [1.29, 1.82) is 0 Å². The molecule has 1 fully saturated rings. The number of halogens is 1. The van der Waals surface area contributed by atoms with Crippen molar-refractivity contribution >= 4 is 28.8 Å². The first-order chi connectivity index (χ1) is 11.6. The zero-order valence-electron chi connectivity index (χ0n) is 13.4. The van der Waals surface area contributed by atoms with Gasteiger partial charge >= 0.3 is 0 Å². The molecule has 0 bridgehead atoms. The highest BCUT2D eigenvalue weighted by molar-refractivity contribution is 7.13. The fraction of sp³-hybridized carbons (Fsp3) is 0.412. The summed E-state index contributed by atoms with van der Waals surface area (Å²) in [6, 6.07) is 7.16. The molecule has 0 saturated carbocycles. The van der Waals surface area contributed by atoms with Crippen molar-refractivity contribution in [2.45, 2.75) is 20.0 Å². The zero-order valence-corrected chi connectivity index (χ0v) is 15.0. The van der Waals surface area contributed by atoms with Crippen LogP contribution in [0.15, 0.2) is 24.3 Å². The van der Waals surface area contributed by atoms with Crippen molar-refractivity contribution in [2.75, 3.05) is 19.8 Å². The van der Waals surface area contributed by atoms with Gasteiger partial charge in [0.1, 0.15) is 22.2 Å². The number of amides is 1. The molecule has 0 radical (unpaired) electrons. The minimum Gasteiger partial charge on any atom is -0.486 e. The molecule has 1 aromatic carbocycles. The number of hydrogen-bond acceptors (Lipinski definition) is 5. The van der Waals surface area contributed by atoms with Crippen molar-refractivity contribution in [3.05, 3.63) is 44.9 Å². The van der Waals surface area contributed by atoms with E-state index in [0.717, 1.165) is 36.1 Å². The second-order valence-corrected chi connectivity index (χ2v) is 7.22. The lowest BCUT2D eigenvalue weighted by atomic mass is 10.1. The maximum Gasteiger partial charge on any atom is 0.263 e. The van der Waals surface area contributed by atoms with E-state index in [1.54, 1.807) is 24.3 Å². The summed E-state index contributed by atoms with van der Waals surface area (Å²) in [5.41, 5.74) is 0.731. The molecule has 128 valence electrons. The van der Waals surface area contributed by atoms with E-state index in [0.29, 0.717) is 29.0 Å². The van der Waals surface area contributed by atoms with Crippen molar-refractivity contribution in [1.82, 2.24) is 10.3 Å². The smallest absolute Gasteiger partial charge is 0.263 e. The summed E-state index contributed by atoms with van der Waals surface area (Å²) in [4.78, 5) is 17.4. The molecule has 1 atom stereocenters. The standard InChI is InChI=1S/C17H19ClN2O3S/c1-11-16(17(21)19-8-12-6-7-22-9-12)24-15(20-11)10-23-14-4-2-13(18)3-5-14/h2-5,12H,6-10H2,1H3,(H,19,21). The van der Waals surface area contributed by atoms with Gasteiger partial charge in [-0.05, 0) is 37.6 Å². The van der Waals surface area contributed by atoms with Gasteiger partial charge in [-0.15, -0.1) is 11.3 Å². The van der Waals surface area contributed by atoms with Crippen LogP contribution in [-0.2, 0) is 11.3 Å². The van der Waals surface area contributed by atoms with Crippen LogP contribution in [0.3, 0.4) is 0 Å². The van der Waals surface area contributed by atoms with Gasteiger partial charge in [-0.2, -0.15) is 0 Å². The molecule has 1 amide bonds. The van der Waals surface area contributed by atoms with E-state index in [9.17, 15) is 4.79 Å². The molecule has 0 spiro atoms. The number of carbonyl (C=O) groups excluding carboxylic acids is 1. The minimum atomic E-state index is -0.0744. The van der Waals surface area contributed by atoms with E-state index in [1.807, 2.05) is 6.92 Å². The molecule has 1 aromatic heterocycles. The Morgan fingerprint density at radius 3 is 2.96 bits per heavy atom. The van der Waals surface area contributed by atoms with Crippen molar-refractivity contribution in [3.63, 3.8) is 0 Å². The van der Waals surface area contributed by atoms with Gasteiger partial charge in [0.2, 0.25) is 0 Å². The summed E-state index contributed by atoms with van der Waals surface area (Å²) in [6.45, 7) is 4.33. The number of aromatic nitrogens is 1. The average molecular weight is 367 g/mol. The van der Waals surface area contributed by atoms with E-state index in [-0.39, 0.29) is 5.91 Å². The number of ether oxygens (including phenoxy) is 2. The molecule has 5 nitrogen and oxygen atoms in total. The van der Waals surface area contributed by atoms with E-state index < -0.39 is 0 Å². The third kappa shape index (κ3) is 4.47. The van der Waals surface area contributed by atoms with Crippen LogP contribution in [0, 0.1) is 12.8 Å². The van der Waals surface area contributed by atoms with Gasteiger partial charge in [-0.1, -0.05) is 11.6 Å². The molecule has 7 heteroatoms. The molecule has 2 heterocycles. The van der Waals surface area contributed by atoms with Crippen molar-refractivity contribution < 1.29 is 14.3 Å². The van der Waals surface area contributed by atoms with Crippen LogP contribution in [0.25, 0.3) is 0 Å². The van der Waals surface area contributed by atoms with Crippen LogP contribution in [0.4, 0.5) is 0 Å². The first kappa shape index (κ1) is 17.2. The van der Waals surface area contributed by atoms with Gasteiger partial charge in [0, 0.05) is 24.1 Å². The lowest BCUT2D eigenvalue weighted by Gasteiger charge is -2.08. The third-order valence-electron chi connectivity index (χ3n) is 3.80. The monoisotopic (exact) mass is 366 g/mol. The first-order valence-electron chi connectivity index (χ1n) is 7.82. The predicted molar refractivity (Wildman–Crippen MR) is 93.9 cm³/mol. The maximum atomic E-state index is 12.3. The van der Waals surface area contributed by atoms with Gasteiger partial charge in [0.15, 0.2) is 0 Å². The largest absolute Gasteiger partial charge is 0.486 e. The Hall–Kier alpha value is -1.63. The maximum absolute atomic E-state index is 12.3. The number of benzene rings is 1. The zero-order chi connectivity index (χ0) is 16.9. The molecular weight excluding hydrogens is 348 g/mol. The normalized spacial score (nSPS) is 17.0. The van der Waals surface area contributed by atoms with Crippen LogP contribution < -0.4 is 10.1 Å². The highest BCUT2D eigenvalue weighted by Crippen LogP contribution is 2.21. The number of thiazole rings is 1. The highest BCUT2D eigenvalue weighted by atomic mass is 35.5. The first-order valence-corrected chi connectivity index (χ1v) is 9.02. The van der Waals surface area contributed by atoms with Gasteiger partial charge in [-0.25, -0.2) is 4.98 Å². The Balaban J connectivity index is 1.55. The summed E-state index contributed by atoms with van der Waals surface area (Å²) in [5.74, 6) is 1.06. The molecule has 24 heavy (non-hydrogen) atoms. The Labute approximate surface area is 150 Å². The SMILES string of the molecule is Cc1nc(COc2ccc(Cl)cc2)sc1C(=O)NCC1CCOC1. The molecule has 0 aliphatic carbocycles. The molecule has 1 N–H and O–H groups in total. The van der Waals surface area contributed by atoms with Gasteiger partial charge in [-0.3, -0.25) is 4.79 Å². The molecular formula is C17H19ClN2O3S. The van der Waals surface area contributed by atoms with Crippen LogP contribution in [-0.4, -0.2) is 30.6 Å². The van der Waals surface area contributed by atoms with Crippen LogP contribution in [0.1, 0.15) is 26.8 Å².